The summed E-state index contributed by atoms with van der Waals surface area (Å²) >= 11 is 0. The quantitative estimate of drug-likeness (QED) is 0.541. The lowest BCUT2D eigenvalue weighted by Crippen LogP contribution is -2.22. The second-order valence-electron chi connectivity index (χ2n) is 6.43. The maximum atomic E-state index is 6.06. The van der Waals surface area contributed by atoms with Crippen molar-refractivity contribution >= 4 is 0 Å². The molecule has 0 spiro atoms. The van der Waals surface area contributed by atoms with Gasteiger partial charge in [0.05, 0.1) is 26.0 Å². The molecule has 0 N–H and O–H groups in total. The summed E-state index contributed by atoms with van der Waals surface area (Å²) in [5, 5.41) is 12.6. The van der Waals surface area contributed by atoms with Crippen LogP contribution in [-0.2, 0) is 17.9 Å². The maximum Gasteiger partial charge on any atom is 0.280 e. The first-order chi connectivity index (χ1) is 13.8. The Morgan fingerprint density at radius 1 is 1.11 bits per heavy atom. The topological polar surface area (TPSA) is 88.1 Å². The summed E-state index contributed by atoms with van der Waals surface area (Å²) in [6.07, 6.45) is -0.125. The molecule has 1 atom stereocenters. The molecule has 5 rings (SSSR count). The normalized spacial score (nSPS) is 16.0. The van der Waals surface area contributed by atoms with Crippen LogP contribution in [-0.4, -0.2) is 32.2 Å². The SMILES string of the molecule is COc1cccc([C@@H]2Cn3nnc(-c4nc(-c5ccccc5)no4)c3CO2)c1. The molecular formula is C20H17N5O3. The van der Waals surface area contributed by atoms with Crippen LogP contribution >= 0.6 is 0 Å². The highest BCUT2D eigenvalue weighted by Gasteiger charge is 2.28. The molecule has 4 aromatic rings. The first-order valence-corrected chi connectivity index (χ1v) is 8.89. The van der Waals surface area contributed by atoms with Crippen LogP contribution < -0.4 is 4.74 Å². The molecule has 0 radical (unpaired) electrons. The van der Waals surface area contributed by atoms with Crippen molar-refractivity contribution in [2.75, 3.05) is 7.11 Å². The number of fused-ring (bicyclic) bond motifs is 1. The van der Waals surface area contributed by atoms with Gasteiger partial charge in [0, 0.05) is 5.56 Å². The Labute approximate surface area is 160 Å². The van der Waals surface area contributed by atoms with Crippen LogP contribution in [0.3, 0.4) is 0 Å². The predicted octanol–water partition coefficient (Wildman–Crippen LogP) is 3.28. The number of methoxy groups -OCH3 is 1. The fourth-order valence-corrected chi connectivity index (χ4v) is 3.25. The van der Waals surface area contributed by atoms with E-state index < -0.39 is 0 Å². The van der Waals surface area contributed by atoms with Crippen LogP contribution in [0, 0.1) is 0 Å². The minimum Gasteiger partial charge on any atom is -0.497 e. The van der Waals surface area contributed by atoms with Crippen molar-refractivity contribution in [1.82, 2.24) is 25.1 Å². The van der Waals surface area contributed by atoms with Crippen molar-refractivity contribution in [1.29, 1.82) is 0 Å². The van der Waals surface area contributed by atoms with Crippen LogP contribution in [0.2, 0.25) is 0 Å². The average molecular weight is 375 g/mol. The lowest BCUT2D eigenvalue weighted by atomic mass is 10.1. The van der Waals surface area contributed by atoms with Gasteiger partial charge < -0.3 is 14.0 Å². The Bertz CT molecular complexity index is 1110. The Morgan fingerprint density at radius 3 is 2.86 bits per heavy atom. The molecular weight excluding hydrogens is 358 g/mol. The van der Waals surface area contributed by atoms with Gasteiger partial charge in [-0.05, 0) is 17.7 Å². The van der Waals surface area contributed by atoms with Crippen molar-refractivity contribution in [3.8, 4) is 28.7 Å². The molecule has 0 aliphatic carbocycles. The summed E-state index contributed by atoms with van der Waals surface area (Å²) in [6.45, 7) is 0.905. The molecule has 28 heavy (non-hydrogen) atoms. The molecule has 2 aromatic carbocycles. The maximum absolute atomic E-state index is 6.06. The zero-order valence-electron chi connectivity index (χ0n) is 15.1. The molecule has 8 heteroatoms. The third kappa shape index (κ3) is 2.93. The zero-order chi connectivity index (χ0) is 18.9. The summed E-state index contributed by atoms with van der Waals surface area (Å²) in [5.74, 6) is 1.65. The highest BCUT2D eigenvalue weighted by Crippen LogP contribution is 2.32. The van der Waals surface area contributed by atoms with Crippen LogP contribution in [0.5, 0.6) is 5.75 Å². The largest absolute Gasteiger partial charge is 0.497 e. The number of aromatic nitrogens is 5. The van der Waals surface area contributed by atoms with Crippen LogP contribution in [0.4, 0.5) is 0 Å². The van der Waals surface area contributed by atoms with Crippen molar-refractivity contribution in [2.24, 2.45) is 0 Å². The number of benzene rings is 2. The summed E-state index contributed by atoms with van der Waals surface area (Å²) in [7, 11) is 1.65. The van der Waals surface area contributed by atoms with E-state index >= 15 is 0 Å². The van der Waals surface area contributed by atoms with Gasteiger partial charge in [0.15, 0.2) is 5.69 Å². The molecule has 0 fully saturated rings. The van der Waals surface area contributed by atoms with Gasteiger partial charge in [0.1, 0.15) is 11.9 Å². The van der Waals surface area contributed by atoms with E-state index in [2.05, 4.69) is 20.5 Å². The third-order valence-electron chi connectivity index (χ3n) is 4.72. The number of rotatable bonds is 4. The van der Waals surface area contributed by atoms with Crippen LogP contribution in [0.25, 0.3) is 23.0 Å². The first-order valence-electron chi connectivity index (χ1n) is 8.89. The van der Waals surface area contributed by atoms with Crippen molar-refractivity contribution < 1.29 is 14.0 Å². The van der Waals surface area contributed by atoms with E-state index in [-0.39, 0.29) is 6.10 Å². The lowest BCUT2D eigenvalue weighted by Gasteiger charge is -2.24. The molecule has 0 unspecified atom stereocenters. The fraction of sp³-hybridized carbons (Fsp3) is 0.200. The smallest absolute Gasteiger partial charge is 0.280 e. The minimum absolute atomic E-state index is 0.125. The summed E-state index contributed by atoms with van der Waals surface area (Å²) in [5.41, 5.74) is 3.29. The van der Waals surface area contributed by atoms with E-state index in [9.17, 15) is 0 Å². The molecule has 0 bridgehead atoms. The molecule has 1 aliphatic heterocycles. The molecule has 2 aromatic heterocycles. The monoisotopic (exact) mass is 375 g/mol. The zero-order valence-corrected chi connectivity index (χ0v) is 15.1. The highest BCUT2D eigenvalue weighted by molar-refractivity contribution is 5.58. The average Bonchev–Trinajstić information content (AvgIpc) is 3.41. The van der Waals surface area contributed by atoms with E-state index in [1.807, 2.05) is 59.3 Å². The van der Waals surface area contributed by atoms with Gasteiger partial charge in [-0.3, -0.25) is 0 Å². The Hall–Kier alpha value is -3.52. The summed E-state index contributed by atoms with van der Waals surface area (Å²) < 4.78 is 18.6. The second-order valence-corrected chi connectivity index (χ2v) is 6.43. The van der Waals surface area contributed by atoms with E-state index in [1.165, 1.54) is 0 Å². The van der Waals surface area contributed by atoms with Crippen molar-refractivity contribution in [2.45, 2.75) is 19.3 Å². The van der Waals surface area contributed by atoms with Gasteiger partial charge in [-0.2, -0.15) is 4.98 Å². The van der Waals surface area contributed by atoms with Crippen LogP contribution in [0.1, 0.15) is 17.4 Å². The van der Waals surface area contributed by atoms with Gasteiger partial charge in [0.2, 0.25) is 5.82 Å². The van der Waals surface area contributed by atoms with E-state index in [1.54, 1.807) is 7.11 Å². The third-order valence-corrected chi connectivity index (χ3v) is 4.72. The van der Waals surface area contributed by atoms with E-state index in [0.717, 1.165) is 22.6 Å². The second kappa shape index (κ2) is 6.90. The molecule has 3 heterocycles. The summed E-state index contributed by atoms with van der Waals surface area (Å²) in [4.78, 5) is 4.47. The molecule has 140 valence electrons. The molecule has 1 aliphatic rings. The fourth-order valence-electron chi connectivity index (χ4n) is 3.25. The standard InChI is InChI=1S/C20H17N5O3/c1-26-15-9-5-8-14(10-15)17-11-25-16(12-27-17)18(22-24-25)20-21-19(23-28-20)13-6-3-2-4-7-13/h2-10,17H,11-12H2,1H3/t17-/m0/s1. The lowest BCUT2D eigenvalue weighted by molar-refractivity contribution is -0.00127. The number of ether oxygens (including phenoxy) is 2. The molecule has 8 nitrogen and oxygen atoms in total. The molecule has 0 amide bonds. The van der Waals surface area contributed by atoms with Gasteiger partial charge in [-0.15, -0.1) is 5.10 Å². The number of hydrogen-bond donors (Lipinski definition) is 0. The Kier molecular flexibility index (Phi) is 4.10. The summed E-state index contributed by atoms with van der Waals surface area (Å²) in [6, 6.07) is 17.5. The van der Waals surface area contributed by atoms with Crippen molar-refractivity contribution in [3.63, 3.8) is 0 Å². The molecule has 0 saturated carbocycles. The number of nitrogens with zero attached hydrogens (tertiary/aromatic N) is 5. The Balaban J connectivity index is 1.41. The van der Waals surface area contributed by atoms with Crippen LogP contribution in [0.15, 0.2) is 59.1 Å². The number of hydrogen-bond acceptors (Lipinski definition) is 7. The Morgan fingerprint density at radius 2 is 2.00 bits per heavy atom. The van der Waals surface area contributed by atoms with Gasteiger partial charge in [0.25, 0.3) is 5.89 Å². The first kappa shape index (κ1) is 16.6. The van der Waals surface area contributed by atoms with Gasteiger partial charge >= 0.3 is 0 Å². The predicted molar refractivity (Wildman–Crippen MR) is 99.3 cm³/mol. The highest BCUT2D eigenvalue weighted by atomic mass is 16.5. The molecule has 0 saturated heterocycles. The van der Waals surface area contributed by atoms with Gasteiger partial charge in [-0.1, -0.05) is 52.8 Å². The van der Waals surface area contributed by atoms with Gasteiger partial charge in [-0.25, -0.2) is 4.68 Å². The van der Waals surface area contributed by atoms with E-state index in [4.69, 9.17) is 14.0 Å². The minimum atomic E-state index is -0.125. The van der Waals surface area contributed by atoms with E-state index in [0.29, 0.717) is 30.6 Å². The van der Waals surface area contributed by atoms with Crippen molar-refractivity contribution in [3.05, 3.63) is 65.9 Å².